The predicted molar refractivity (Wildman–Crippen MR) is 154 cm³/mol. The molecule has 0 aliphatic rings. The monoisotopic (exact) mass is 1220 g/mol. The smallest absolute Gasteiger partial charge is 0.162 e. The Morgan fingerprint density at radius 2 is 0.652 bits per heavy atom. The molecule has 0 spiro atoms. The van der Waals surface area contributed by atoms with Crippen LogP contribution in [-0.4, -0.2) is 30.3 Å². The number of hydrogen-bond donors (Lipinski definition) is 1. The number of rotatable bonds is 6. The van der Waals surface area contributed by atoms with Crippen LogP contribution in [0, 0.1) is 0 Å². The molecule has 1 N–H and O–H groups in total. The molecule has 0 radical (unpaired) electrons. The summed E-state index contributed by atoms with van der Waals surface area (Å²) in [6.45, 7) is 1.12. The lowest BCUT2D eigenvalue weighted by Crippen LogP contribution is -2.54. The minimum Gasteiger partial charge on any atom is -0.312 e. The van der Waals surface area contributed by atoms with Crippen molar-refractivity contribution < 1.29 is 0 Å². The molecule has 0 atom stereocenters. The first-order chi connectivity index (χ1) is 9.71. The van der Waals surface area contributed by atoms with Gasteiger partial charge in [0.2, 0.25) is 0 Å². The third-order valence-corrected chi connectivity index (χ3v) is 25.1. The molecule has 0 aromatic rings. The highest BCUT2D eigenvalue weighted by Gasteiger charge is 2.58. The van der Waals surface area contributed by atoms with Crippen LogP contribution in [0.4, 0.5) is 0 Å². The molecule has 0 saturated carbocycles. The quantitative estimate of drug-likeness (QED) is 0.262. The van der Waals surface area contributed by atoms with Gasteiger partial charge in [-0.1, -0.05) is 223 Å². The lowest BCUT2D eigenvalue weighted by atomic mass is 10.3. The Kier molecular flexibility index (Phi) is 13.6. The summed E-state index contributed by atoms with van der Waals surface area (Å²) in [7, 11) is 0. The number of halogens is 14. The van der Waals surface area contributed by atoms with Crippen LogP contribution in [0.2, 0.25) is 0 Å². The maximum absolute atomic E-state index is 3.69. The second-order valence-corrected chi connectivity index (χ2v) is 32.1. The van der Waals surface area contributed by atoms with Crippen LogP contribution in [0.25, 0.3) is 0 Å². The maximum Gasteiger partial charge on any atom is 0.162 e. The largest absolute Gasteiger partial charge is 0.312 e. The van der Waals surface area contributed by atoms with Crippen LogP contribution in [-0.2, 0) is 0 Å². The average molecular weight is 1230 g/mol. The molecule has 0 unspecified atom stereocenters. The highest BCUT2D eigenvalue weighted by Crippen LogP contribution is 2.63. The molecule has 0 aliphatic heterocycles. The van der Waals surface area contributed by atoms with E-state index in [1.54, 1.807) is 0 Å². The Bertz CT molecular complexity index is 366. The third kappa shape index (κ3) is 7.95. The molecule has 0 fully saturated rings. The molecule has 0 rings (SSSR count). The second kappa shape index (κ2) is 10.5. The summed E-state index contributed by atoms with van der Waals surface area (Å²) in [6.07, 6.45) is 0. The molecule has 15 heteroatoms. The van der Waals surface area contributed by atoms with E-state index in [2.05, 4.69) is 228 Å². The van der Waals surface area contributed by atoms with E-state index >= 15 is 0 Å². The zero-order valence-electron chi connectivity index (χ0n) is 10.2. The van der Waals surface area contributed by atoms with Crippen molar-refractivity contribution in [3.63, 3.8) is 0 Å². The van der Waals surface area contributed by atoms with Crippen molar-refractivity contribution in [3.05, 3.63) is 0 Å². The number of hydrogen-bond acceptors (Lipinski definition) is 1. The summed E-state index contributed by atoms with van der Waals surface area (Å²) in [5, 5.41) is 3.39. The first kappa shape index (κ1) is 29.7. The topological polar surface area (TPSA) is 12.0 Å². The molecule has 0 aromatic carbocycles. The van der Waals surface area contributed by atoms with Crippen LogP contribution in [0.5, 0.6) is 0 Å². The Morgan fingerprint density at radius 1 is 0.435 bits per heavy atom. The van der Waals surface area contributed by atoms with Crippen LogP contribution < -0.4 is 5.32 Å². The summed E-state index contributed by atoms with van der Waals surface area (Å²) >= 11 is 50.5. The average Bonchev–Trinajstić information content (AvgIpc) is 2.24. The van der Waals surface area contributed by atoms with E-state index in [9.17, 15) is 0 Å². The van der Waals surface area contributed by atoms with Gasteiger partial charge in [0, 0.05) is 13.1 Å². The summed E-state index contributed by atoms with van der Waals surface area (Å²) in [5.74, 6) is 0. The summed E-state index contributed by atoms with van der Waals surface area (Å²) < 4.78 is -3.51. The van der Waals surface area contributed by atoms with Gasteiger partial charge < -0.3 is 5.32 Å². The van der Waals surface area contributed by atoms with Gasteiger partial charge in [-0.25, -0.2) is 0 Å². The van der Waals surface area contributed by atoms with E-state index in [1.807, 2.05) is 0 Å². The molecule has 0 amide bonds. The highest BCUT2D eigenvalue weighted by atomic mass is 80.0. The van der Waals surface area contributed by atoms with Crippen LogP contribution in [0.1, 0.15) is 0 Å². The summed E-state index contributed by atoms with van der Waals surface area (Å²) in [4.78, 5) is 0. The number of nitrogens with one attached hydrogen (secondary N) is 1. The molecule has 0 aliphatic carbocycles. The molecule has 0 saturated heterocycles. The van der Waals surface area contributed by atoms with Gasteiger partial charge in [0.1, 0.15) is 12.9 Å². The minimum atomic E-state index is -0.613. The van der Waals surface area contributed by atoms with Crippen LogP contribution >= 0.6 is 223 Å². The molecular weight excluding hydrogens is 1230 g/mol. The van der Waals surface area contributed by atoms with E-state index in [4.69, 9.17) is 0 Å². The van der Waals surface area contributed by atoms with E-state index < -0.39 is 17.2 Å². The fourth-order valence-corrected chi connectivity index (χ4v) is 8.78. The van der Waals surface area contributed by atoms with E-state index in [0.717, 1.165) is 0 Å². The van der Waals surface area contributed by atoms with Crippen LogP contribution in [0.15, 0.2) is 0 Å². The van der Waals surface area contributed by atoms with Crippen molar-refractivity contribution in [1.82, 2.24) is 5.32 Å². The maximum atomic E-state index is 3.69. The summed E-state index contributed by atoms with van der Waals surface area (Å²) in [6, 6.07) is 0. The van der Waals surface area contributed by atoms with E-state index in [0.29, 0.717) is 13.1 Å². The molecule has 140 valence electrons. The molecule has 1 nitrogen and oxygen atoms in total. The van der Waals surface area contributed by atoms with Gasteiger partial charge in [-0.15, -0.1) is 0 Å². The van der Waals surface area contributed by atoms with Crippen molar-refractivity contribution in [3.8, 4) is 0 Å². The van der Waals surface area contributed by atoms with Gasteiger partial charge in [0.25, 0.3) is 0 Å². The van der Waals surface area contributed by atoms with Crippen molar-refractivity contribution in [2.24, 2.45) is 0 Å². The van der Waals surface area contributed by atoms with Gasteiger partial charge in [0.05, 0.1) is 0 Å². The molecule has 23 heavy (non-hydrogen) atoms. The highest BCUT2D eigenvalue weighted by molar-refractivity contribution is 9.42. The van der Waals surface area contributed by atoms with E-state index in [-0.39, 0.29) is 0 Å². The first-order valence-electron chi connectivity index (χ1n) is 5.06. The van der Waals surface area contributed by atoms with E-state index in [1.165, 1.54) is 0 Å². The SMILES string of the molecule is BrC(Br)(Br)C(Br)(Br)C(Br)(Br)CNCC(Br)(Br)C(Br)(Br)C(Br)(Br)Br. The van der Waals surface area contributed by atoms with Gasteiger partial charge in [0.15, 0.2) is 4.29 Å². The summed E-state index contributed by atoms with van der Waals surface area (Å²) in [5.41, 5.74) is 0. The Balaban J connectivity index is 5.03. The fraction of sp³-hybridized carbons (Fsp3) is 1.00. The molecule has 0 heterocycles. The fourth-order valence-electron chi connectivity index (χ4n) is 1.01. The molecule has 0 aromatic heterocycles. The van der Waals surface area contributed by atoms with Crippen molar-refractivity contribution >= 4 is 223 Å². The first-order valence-corrected chi connectivity index (χ1v) is 16.2. The Morgan fingerprint density at radius 3 is 0.826 bits per heavy atom. The second-order valence-electron chi connectivity index (χ2n) is 4.16. The van der Waals surface area contributed by atoms with Gasteiger partial charge >= 0.3 is 0 Å². The van der Waals surface area contributed by atoms with Gasteiger partial charge in [-0.2, -0.15) is 0 Å². The van der Waals surface area contributed by atoms with Crippen LogP contribution in [0.3, 0.4) is 0 Å². The van der Waals surface area contributed by atoms with Gasteiger partial charge in [-0.05, 0) is 0 Å². The predicted octanol–water partition coefficient (Wildman–Crippen LogP) is 10.2. The lowest BCUT2D eigenvalue weighted by molar-refractivity contribution is 0.602. The van der Waals surface area contributed by atoms with Crippen molar-refractivity contribution in [1.29, 1.82) is 0 Å². The normalized spacial score (nSPS) is 15.9. The lowest BCUT2D eigenvalue weighted by Gasteiger charge is -2.43. The Labute approximate surface area is 253 Å². The zero-order chi connectivity index (χ0) is 19.1. The number of alkyl halides is 14. The van der Waals surface area contributed by atoms with Gasteiger partial charge in [-0.3, -0.25) is 0 Å². The van der Waals surface area contributed by atoms with Crippen molar-refractivity contribution in [2.75, 3.05) is 13.1 Å². The third-order valence-electron chi connectivity index (χ3n) is 2.32. The Hall–Kier alpha value is 6.68. The zero-order valence-corrected chi connectivity index (χ0v) is 32.4. The molecular formula is C8H5Br14N. The molecule has 0 bridgehead atoms. The minimum absolute atomic E-state index is 0.546. The van der Waals surface area contributed by atoms with Crippen molar-refractivity contribution in [2.45, 2.75) is 17.2 Å². The standard InChI is InChI=1S/C8H5Br14N/c9-3(10,5(13,14)7(17,18)19)1-23-2-4(11,12)6(15,16)8(20,21)22/h23H,1-2H2.